The summed E-state index contributed by atoms with van der Waals surface area (Å²) >= 11 is 0. The second-order valence-corrected chi connectivity index (χ2v) is 8.04. The summed E-state index contributed by atoms with van der Waals surface area (Å²) in [7, 11) is 1.85. The van der Waals surface area contributed by atoms with Gasteiger partial charge < -0.3 is 25.3 Å². The Labute approximate surface area is 191 Å². The van der Waals surface area contributed by atoms with Crippen LogP contribution in [-0.4, -0.2) is 48.3 Å². The molecule has 0 bridgehead atoms. The summed E-state index contributed by atoms with van der Waals surface area (Å²) in [5.41, 5.74) is 4.49. The monoisotopic (exact) mass is 442 g/mol. The molecule has 33 heavy (non-hydrogen) atoms. The molecule has 8 heteroatoms. The molecule has 1 saturated heterocycles. The number of H-pyrrole nitrogens is 1. The third-order valence-corrected chi connectivity index (χ3v) is 5.87. The van der Waals surface area contributed by atoms with E-state index in [9.17, 15) is 4.79 Å². The van der Waals surface area contributed by atoms with Crippen LogP contribution in [0.4, 0.5) is 23.0 Å². The quantitative estimate of drug-likeness (QED) is 0.431. The highest BCUT2D eigenvalue weighted by atomic mass is 16.5. The Balaban J connectivity index is 1.53. The summed E-state index contributed by atoms with van der Waals surface area (Å²) in [5, 5.41) is 7.78. The van der Waals surface area contributed by atoms with Gasteiger partial charge in [0.1, 0.15) is 11.6 Å². The van der Waals surface area contributed by atoms with Crippen molar-refractivity contribution < 1.29 is 4.74 Å². The Hall–Kier alpha value is -3.91. The van der Waals surface area contributed by atoms with Gasteiger partial charge in [-0.2, -0.15) is 0 Å². The van der Waals surface area contributed by atoms with E-state index < -0.39 is 0 Å². The minimum absolute atomic E-state index is 0.182. The number of fused-ring (bicyclic) bond motifs is 1. The molecule has 1 fully saturated rings. The van der Waals surface area contributed by atoms with E-state index in [2.05, 4.69) is 37.6 Å². The highest BCUT2D eigenvalue weighted by Gasteiger charge is 2.14. The number of rotatable bonds is 5. The number of hydrogen-bond donors (Lipinski definition) is 3. The Bertz CT molecular complexity index is 1340. The molecular weight excluding hydrogens is 416 g/mol. The van der Waals surface area contributed by atoms with Crippen molar-refractivity contribution in [3.05, 3.63) is 70.8 Å². The van der Waals surface area contributed by atoms with Gasteiger partial charge in [0.05, 0.1) is 24.3 Å². The average molecular weight is 443 g/mol. The molecule has 3 aromatic heterocycles. The highest BCUT2D eigenvalue weighted by Crippen LogP contribution is 2.29. The van der Waals surface area contributed by atoms with Crippen LogP contribution in [0.1, 0.15) is 5.56 Å². The van der Waals surface area contributed by atoms with Gasteiger partial charge in [-0.25, -0.2) is 9.97 Å². The molecule has 0 spiro atoms. The fraction of sp³-hybridized carbons (Fsp3) is 0.240. The molecule has 4 heterocycles. The first-order valence-electron chi connectivity index (χ1n) is 11.0. The van der Waals surface area contributed by atoms with Gasteiger partial charge in [0.15, 0.2) is 0 Å². The van der Waals surface area contributed by atoms with Crippen molar-refractivity contribution in [3.8, 4) is 11.3 Å². The van der Waals surface area contributed by atoms with Crippen molar-refractivity contribution in [2.45, 2.75) is 6.92 Å². The standard InChI is InChI=1S/C25H26N6O2/c1-16-13-18(15-28-23(16)26-2)21-14-17-7-8-27-25(32)22(17)24(30-21)29-19-3-5-20(6-4-19)31-9-11-33-12-10-31/h3-8,13-15H,9-12H2,1-2H3,(H,26,28)(H,27,32)(H,29,30). The van der Waals surface area contributed by atoms with Gasteiger partial charge in [-0.3, -0.25) is 4.79 Å². The smallest absolute Gasteiger partial charge is 0.259 e. The predicted octanol–water partition coefficient (Wildman–Crippen LogP) is 3.92. The Kier molecular flexibility index (Phi) is 5.66. The lowest BCUT2D eigenvalue weighted by Crippen LogP contribution is -2.36. The molecule has 0 radical (unpaired) electrons. The molecule has 0 unspecified atom stereocenters. The lowest BCUT2D eigenvalue weighted by molar-refractivity contribution is 0.122. The van der Waals surface area contributed by atoms with Gasteiger partial charge >= 0.3 is 0 Å². The van der Waals surface area contributed by atoms with Crippen LogP contribution >= 0.6 is 0 Å². The molecule has 5 rings (SSSR count). The van der Waals surface area contributed by atoms with E-state index in [1.807, 2.05) is 44.3 Å². The summed E-state index contributed by atoms with van der Waals surface area (Å²) < 4.78 is 5.44. The third kappa shape index (κ3) is 4.25. The first kappa shape index (κ1) is 21.0. The highest BCUT2D eigenvalue weighted by molar-refractivity contribution is 5.95. The number of aromatic nitrogens is 3. The lowest BCUT2D eigenvalue weighted by Gasteiger charge is -2.28. The van der Waals surface area contributed by atoms with E-state index in [4.69, 9.17) is 9.72 Å². The minimum atomic E-state index is -0.182. The largest absolute Gasteiger partial charge is 0.378 e. The van der Waals surface area contributed by atoms with E-state index in [0.29, 0.717) is 11.2 Å². The Morgan fingerprint density at radius 3 is 2.58 bits per heavy atom. The van der Waals surface area contributed by atoms with Crippen LogP contribution in [0.5, 0.6) is 0 Å². The maximum atomic E-state index is 12.7. The summed E-state index contributed by atoms with van der Waals surface area (Å²) in [6.45, 7) is 5.26. The summed E-state index contributed by atoms with van der Waals surface area (Å²) in [4.78, 5) is 27.0. The topological polar surface area (TPSA) is 95.2 Å². The molecular formula is C25H26N6O2. The number of ether oxygens (including phenoxy) is 1. The summed E-state index contributed by atoms with van der Waals surface area (Å²) in [6.07, 6.45) is 3.45. The first-order valence-corrected chi connectivity index (χ1v) is 11.0. The van der Waals surface area contributed by atoms with Crippen LogP contribution in [0.25, 0.3) is 22.0 Å². The molecule has 3 N–H and O–H groups in total. The van der Waals surface area contributed by atoms with Crippen LogP contribution in [0, 0.1) is 6.92 Å². The molecule has 4 aromatic rings. The van der Waals surface area contributed by atoms with E-state index in [-0.39, 0.29) is 5.56 Å². The molecule has 0 atom stereocenters. The van der Waals surface area contributed by atoms with E-state index in [1.165, 1.54) is 0 Å². The molecule has 8 nitrogen and oxygen atoms in total. The van der Waals surface area contributed by atoms with Crippen LogP contribution in [0.2, 0.25) is 0 Å². The number of pyridine rings is 3. The van der Waals surface area contributed by atoms with Crippen LogP contribution < -0.4 is 21.1 Å². The second-order valence-electron chi connectivity index (χ2n) is 8.04. The SMILES string of the molecule is CNc1ncc(-c2cc3cc[nH]c(=O)c3c(Nc3ccc(N4CCOCC4)cc3)n2)cc1C. The first-order chi connectivity index (χ1) is 16.1. The van der Waals surface area contributed by atoms with E-state index in [1.54, 1.807) is 12.4 Å². The van der Waals surface area contributed by atoms with Crippen LogP contribution in [0.15, 0.2) is 59.7 Å². The van der Waals surface area contributed by atoms with E-state index in [0.717, 1.165) is 65.7 Å². The number of benzene rings is 1. The van der Waals surface area contributed by atoms with Crippen molar-refractivity contribution in [2.75, 3.05) is 48.9 Å². The molecule has 1 aliphatic rings. The second kappa shape index (κ2) is 8.91. The zero-order valence-electron chi connectivity index (χ0n) is 18.7. The molecule has 0 aliphatic carbocycles. The van der Waals surface area contributed by atoms with Crippen molar-refractivity contribution in [1.29, 1.82) is 0 Å². The molecule has 1 aromatic carbocycles. The molecule has 0 saturated carbocycles. The fourth-order valence-corrected chi connectivity index (χ4v) is 4.14. The lowest BCUT2D eigenvalue weighted by atomic mass is 10.1. The summed E-state index contributed by atoms with van der Waals surface area (Å²) in [5.74, 6) is 1.34. The average Bonchev–Trinajstić information content (AvgIpc) is 2.85. The van der Waals surface area contributed by atoms with Gasteiger partial charge in [0, 0.05) is 49.5 Å². The molecule has 168 valence electrons. The zero-order chi connectivity index (χ0) is 22.8. The van der Waals surface area contributed by atoms with Gasteiger partial charge in [0.25, 0.3) is 5.56 Å². The summed E-state index contributed by atoms with van der Waals surface area (Å²) in [6, 6.07) is 14.0. The van der Waals surface area contributed by atoms with Crippen molar-refractivity contribution in [2.24, 2.45) is 0 Å². The maximum Gasteiger partial charge on any atom is 0.259 e. The maximum absolute atomic E-state index is 12.7. The Morgan fingerprint density at radius 1 is 1.06 bits per heavy atom. The normalized spacial score (nSPS) is 13.8. The van der Waals surface area contributed by atoms with Crippen LogP contribution in [-0.2, 0) is 4.74 Å². The molecule has 1 aliphatic heterocycles. The van der Waals surface area contributed by atoms with Gasteiger partial charge in [-0.05, 0) is 60.3 Å². The van der Waals surface area contributed by atoms with Crippen LogP contribution in [0.3, 0.4) is 0 Å². The number of hydrogen-bond acceptors (Lipinski definition) is 7. The van der Waals surface area contributed by atoms with Crippen molar-refractivity contribution >= 4 is 33.8 Å². The van der Waals surface area contributed by atoms with Gasteiger partial charge in [-0.15, -0.1) is 0 Å². The van der Waals surface area contributed by atoms with Gasteiger partial charge in [0.2, 0.25) is 0 Å². The molecule has 0 amide bonds. The number of nitrogens with one attached hydrogen (secondary N) is 3. The number of aryl methyl sites for hydroxylation is 1. The minimum Gasteiger partial charge on any atom is -0.378 e. The van der Waals surface area contributed by atoms with Crippen molar-refractivity contribution in [3.63, 3.8) is 0 Å². The number of morpholine rings is 1. The van der Waals surface area contributed by atoms with Crippen molar-refractivity contribution in [1.82, 2.24) is 15.0 Å². The third-order valence-electron chi connectivity index (χ3n) is 5.87. The number of nitrogens with zero attached hydrogens (tertiary/aromatic N) is 3. The Morgan fingerprint density at radius 2 is 1.85 bits per heavy atom. The van der Waals surface area contributed by atoms with E-state index >= 15 is 0 Å². The fourth-order valence-electron chi connectivity index (χ4n) is 4.14. The number of aromatic amines is 1. The van der Waals surface area contributed by atoms with Gasteiger partial charge in [-0.1, -0.05) is 0 Å². The number of anilines is 4. The zero-order valence-corrected chi connectivity index (χ0v) is 18.7. The predicted molar refractivity (Wildman–Crippen MR) is 133 cm³/mol.